The van der Waals surface area contributed by atoms with Gasteiger partial charge in [-0.1, -0.05) is 0 Å². The molecule has 0 aliphatic carbocycles. The van der Waals surface area contributed by atoms with E-state index >= 15 is 0 Å². The minimum Gasteiger partial charge on any atom is -0.478 e. The molecule has 21 heavy (non-hydrogen) atoms. The van der Waals surface area contributed by atoms with Gasteiger partial charge in [0.05, 0.1) is 11.9 Å². The zero-order valence-corrected chi connectivity index (χ0v) is 11.9. The van der Waals surface area contributed by atoms with Crippen molar-refractivity contribution in [3.63, 3.8) is 0 Å². The van der Waals surface area contributed by atoms with Crippen LogP contribution in [-0.2, 0) is 10.0 Å². The van der Waals surface area contributed by atoms with Crippen LogP contribution in [0.3, 0.4) is 0 Å². The van der Waals surface area contributed by atoms with E-state index in [1.165, 1.54) is 19.9 Å². The first-order valence-electron chi connectivity index (χ1n) is 5.70. The van der Waals surface area contributed by atoms with Crippen molar-refractivity contribution >= 4 is 21.7 Å². The number of hydrogen-bond acceptors (Lipinski definition) is 5. The van der Waals surface area contributed by atoms with E-state index < -0.39 is 32.4 Å². The van der Waals surface area contributed by atoms with E-state index in [-0.39, 0.29) is 17.2 Å². The molecule has 0 bridgehead atoms. The number of carboxylic acids is 1. The average molecular weight is 314 g/mol. The van der Waals surface area contributed by atoms with Gasteiger partial charge in [-0.2, -0.15) is 4.39 Å². The highest BCUT2D eigenvalue weighted by atomic mass is 32.2. The smallest absolute Gasteiger partial charge is 0.340 e. The molecule has 9 heteroatoms. The molecule has 0 amide bonds. The van der Waals surface area contributed by atoms with Gasteiger partial charge in [0.2, 0.25) is 5.95 Å². The van der Waals surface area contributed by atoms with E-state index in [4.69, 9.17) is 9.52 Å². The predicted molar refractivity (Wildman–Crippen MR) is 70.1 cm³/mol. The van der Waals surface area contributed by atoms with Crippen LogP contribution in [0.15, 0.2) is 27.6 Å². The van der Waals surface area contributed by atoms with Crippen LogP contribution >= 0.6 is 0 Å². The van der Waals surface area contributed by atoms with Crippen LogP contribution < -0.4 is 4.72 Å². The average Bonchev–Trinajstić information content (AvgIpc) is 2.67. The summed E-state index contributed by atoms with van der Waals surface area (Å²) in [5.41, 5.74) is -0.430. The largest absolute Gasteiger partial charge is 0.478 e. The third-order valence-electron chi connectivity index (χ3n) is 2.67. The summed E-state index contributed by atoms with van der Waals surface area (Å²) in [6.45, 7) is 2.70. The third-order valence-corrected chi connectivity index (χ3v) is 4.20. The van der Waals surface area contributed by atoms with Gasteiger partial charge in [0, 0.05) is 0 Å². The number of aromatic nitrogens is 1. The normalized spacial score (nSPS) is 11.4. The molecule has 0 saturated carbocycles. The van der Waals surface area contributed by atoms with Crippen LogP contribution in [-0.4, -0.2) is 24.5 Å². The first-order chi connectivity index (χ1) is 9.72. The van der Waals surface area contributed by atoms with Gasteiger partial charge in [-0.25, -0.2) is 18.2 Å². The van der Waals surface area contributed by atoms with E-state index in [1.54, 1.807) is 0 Å². The molecule has 2 aromatic heterocycles. The van der Waals surface area contributed by atoms with Gasteiger partial charge in [0.15, 0.2) is 0 Å². The maximum atomic E-state index is 12.7. The number of hydrogen-bond donors (Lipinski definition) is 2. The van der Waals surface area contributed by atoms with E-state index in [0.29, 0.717) is 0 Å². The minimum atomic E-state index is -4.20. The number of aromatic carboxylic acids is 1. The molecule has 112 valence electrons. The zero-order chi connectivity index (χ0) is 15.8. The second-order valence-corrected chi connectivity index (χ2v) is 5.82. The number of nitrogens with zero attached hydrogens (tertiary/aromatic N) is 1. The Balaban J connectivity index is 2.50. The summed E-state index contributed by atoms with van der Waals surface area (Å²) in [6, 6.07) is 2.14. The van der Waals surface area contributed by atoms with Gasteiger partial charge < -0.3 is 9.52 Å². The molecule has 2 N–H and O–H groups in total. The number of nitrogens with one attached hydrogen (secondary N) is 1. The van der Waals surface area contributed by atoms with Crippen molar-refractivity contribution < 1.29 is 27.1 Å². The van der Waals surface area contributed by atoms with E-state index in [2.05, 4.69) is 9.71 Å². The molecule has 0 saturated heterocycles. The van der Waals surface area contributed by atoms with E-state index in [0.717, 1.165) is 12.3 Å². The quantitative estimate of drug-likeness (QED) is 0.834. The maximum Gasteiger partial charge on any atom is 0.340 e. The standard InChI is InChI=1S/C12H11FN2O5S/c1-6-10(12(16)17)11(7(2)20-6)21(18,19)15-8-3-4-9(13)14-5-8/h3-5,15H,1-2H3,(H,16,17). The molecule has 0 spiro atoms. The Morgan fingerprint density at radius 2 is 2.00 bits per heavy atom. The van der Waals surface area contributed by atoms with E-state index in [1.807, 2.05) is 0 Å². The molecule has 2 heterocycles. The number of carbonyl (C=O) groups is 1. The summed E-state index contributed by atoms with van der Waals surface area (Å²) in [7, 11) is -4.20. The highest BCUT2D eigenvalue weighted by Gasteiger charge is 2.30. The zero-order valence-electron chi connectivity index (χ0n) is 11.0. The van der Waals surface area contributed by atoms with Crippen molar-refractivity contribution in [1.82, 2.24) is 4.98 Å². The van der Waals surface area contributed by atoms with Crippen LogP contribution in [0.4, 0.5) is 10.1 Å². The van der Waals surface area contributed by atoms with Gasteiger partial charge >= 0.3 is 5.97 Å². The lowest BCUT2D eigenvalue weighted by Gasteiger charge is -2.07. The number of anilines is 1. The third kappa shape index (κ3) is 2.87. The molecule has 0 fully saturated rings. The van der Waals surface area contributed by atoms with Gasteiger partial charge in [-0.05, 0) is 26.0 Å². The Kier molecular flexibility index (Phi) is 3.69. The molecule has 0 aromatic carbocycles. The number of sulfonamides is 1. The monoisotopic (exact) mass is 314 g/mol. The number of pyridine rings is 1. The van der Waals surface area contributed by atoms with Crippen LogP contribution in [0.25, 0.3) is 0 Å². The first-order valence-corrected chi connectivity index (χ1v) is 7.18. The molecule has 0 unspecified atom stereocenters. The predicted octanol–water partition coefficient (Wildman–Crippen LogP) is 1.93. The first kappa shape index (κ1) is 15.0. The van der Waals surface area contributed by atoms with Gasteiger partial charge in [0.25, 0.3) is 10.0 Å². The Morgan fingerprint density at radius 1 is 1.33 bits per heavy atom. The second kappa shape index (κ2) is 5.17. The fraction of sp³-hybridized carbons (Fsp3) is 0.167. The second-order valence-electron chi connectivity index (χ2n) is 4.20. The minimum absolute atomic E-state index is 0.00555. The SMILES string of the molecule is Cc1oc(C)c(S(=O)(=O)Nc2ccc(F)nc2)c1C(=O)O. The van der Waals surface area contributed by atoms with Crippen LogP contribution in [0, 0.1) is 19.8 Å². The molecule has 2 rings (SSSR count). The Hall–Kier alpha value is -2.42. The van der Waals surface area contributed by atoms with Crippen molar-refractivity contribution in [2.75, 3.05) is 4.72 Å². The Labute approximate surface area is 119 Å². The summed E-state index contributed by atoms with van der Waals surface area (Å²) < 4.78 is 44.5. The highest BCUT2D eigenvalue weighted by molar-refractivity contribution is 7.92. The topological polar surface area (TPSA) is 110 Å². The van der Waals surface area contributed by atoms with Crippen LogP contribution in [0.2, 0.25) is 0 Å². The summed E-state index contributed by atoms with van der Waals surface area (Å²) in [5.74, 6) is -2.24. The van der Waals surface area contributed by atoms with Gasteiger partial charge in [-0.3, -0.25) is 4.72 Å². The number of carboxylic acid groups (broad SMARTS) is 1. The van der Waals surface area contributed by atoms with Gasteiger partial charge in [-0.15, -0.1) is 0 Å². The fourth-order valence-corrected chi connectivity index (χ4v) is 3.33. The molecular weight excluding hydrogens is 303 g/mol. The summed E-state index contributed by atoms with van der Waals surface area (Å²) in [6.07, 6.45) is 0.982. The summed E-state index contributed by atoms with van der Waals surface area (Å²) in [5, 5.41) is 9.11. The number of rotatable bonds is 4. The van der Waals surface area contributed by atoms with Crippen molar-refractivity contribution in [1.29, 1.82) is 0 Å². The molecule has 7 nitrogen and oxygen atoms in total. The molecule has 0 aliphatic heterocycles. The highest BCUT2D eigenvalue weighted by Crippen LogP contribution is 2.28. The molecular formula is C12H11FN2O5S. The molecule has 2 aromatic rings. The van der Waals surface area contributed by atoms with Crippen molar-refractivity contribution in [3.8, 4) is 0 Å². The molecule has 0 atom stereocenters. The molecule has 0 radical (unpaired) electrons. The lowest BCUT2D eigenvalue weighted by Crippen LogP contribution is -2.17. The lowest BCUT2D eigenvalue weighted by atomic mass is 10.2. The number of aryl methyl sites for hydroxylation is 2. The number of halogens is 1. The lowest BCUT2D eigenvalue weighted by molar-refractivity contribution is 0.0691. The number of furan rings is 1. The van der Waals surface area contributed by atoms with Crippen LogP contribution in [0.1, 0.15) is 21.9 Å². The Morgan fingerprint density at radius 3 is 2.52 bits per heavy atom. The summed E-state index contributed by atoms with van der Waals surface area (Å²) in [4.78, 5) is 14.0. The van der Waals surface area contributed by atoms with Gasteiger partial charge in [0.1, 0.15) is 22.0 Å². The molecule has 0 aliphatic rings. The van der Waals surface area contributed by atoms with E-state index in [9.17, 15) is 17.6 Å². The fourth-order valence-electron chi connectivity index (χ4n) is 1.88. The van der Waals surface area contributed by atoms with Crippen molar-refractivity contribution in [2.45, 2.75) is 18.7 Å². The van der Waals surface area contributed by atoms with Crippen molar-refractivity contribution in [2.24, 2.45) is 0 Å². The maximum absolute atomic E-state index is 12.7. The summed E-state index contributed by atoms with van der Waals surface area (Å²) >= 11 is 0. The van der Waals surface area contributed by atoms with Crippen LogP contribution in [0.5, 0.6) is 0 Å². The Bertz CT molecular complexity index is 796. The van der Waals surface area contributed by atoms with Crippen molar-refractivity contribution in [3.05, 3.63) is 41.4 Å².